The molecule has 6 nitrogen and oxygen atoms in total. The van der Waals surface area contributed by atoms with Crippen molar-refractivity contribution in [2.75, 3.05) is 0 Å². The van der Waals surface area contributed by atoms with Crippen LogP contribution in [0.25, 0.3) is 0 Å². The molecule has 7 heteroatoms. The third-order valence-electron chi connectivity index (χ3n) is 2.32. The van der Waals surface area contributed by atoms with Crippen LogP contribution in [-0.2, 0) is 6.54 Å². The summed E-state index contributed by atoms with van der Waals surface area (Å²) in [6, 6.07) is 1.63. The molecule has 17 heavy (non-hydrogen) atoms. The zero-order valence-electron chi connectivity index (χ0n) is 8.98. The Morgan fingerprint density at radius 1 is 1.47 bits per heavy atom. The SMILES string of the molecule is Cc1c(Cl)[nH]c(=O)n(Cc2ccncn2)c1=O. The van der Waals surface area contributed by atoms with Crippen molar-refractivity contribution in [3.63, 3.8) is 0 Å². The monoisotopic (exact) mass is 252 g/mol. The van der Waals surface area contributed by atoms with Crippen LogP contribution in [0.3, 0.4) is 0 Å². The van der Waals surface area contributed by atoms with Crippen molar-refractivity contribution < 1.29 is 0 Å². The van der Waals surface area contributed by atoms with E-state index in [-0.39, 0.29) is 11.7 Å². The van der Waals surface area contributed by atoms with E-state index in [2.05, 4.69) is 15.0 Å². The summed E-state index contributed by atoms with van der Waals surface area (Å²) in [7, 11) is 0. The smallest absolute Gasteiger partial charge is 0.297 e. The van der Waals surface area contributed by atoms with Gasteiger partial charge in [0.25, 0.3) is 5.56 Å². The first kappa shape index (κ1) is 11.5. The number of rotatable bonds is 2. The summed E-state index contributed by atoms with van der Waals surface area (Å²) >= 11 is 5.70. The van der Waals surface area contributed by atoms with Gasteiger partial charge in [0.1, 0.15) is 11.5 Å². The predicted molar refractivity (Wildman–Crippen MR) is 62.2 cm³/mol. The maximum absolute atomic E-state index is 11.8. The summed E-state index contributed by atoms with van der Waals surface area (Å²) in [6.07, 6.45) is 2.90. The van der Waals surface area contributed by atoms with Gasteiger partial charge in [-0.1, -0.05) is 11.6 Å². The van der Waals surface area contributed by atoms with E-state index in [0.717, 1.165) is 4.57 Å². The zero-order valence-corrected chi connectivity index (χ0v) is 9.73. The number of hydrogen-bond acceptors (Lipinski definition) is 4. The summed E-state index contributed by atoms with van der Waals surface area (Å²) in [4.78, 5) is 33.5. The van der Waals surface area contributed by atoms with Gasteiger partial charge in [-0.2, -0.15) is 0 Å². The standard InChI is InChI=1S/C10H9ClN4O2/c1-6-8(11)14-10(17)15(9(6)16)4-7-2-3-12-5-13-7/h2-3,5H,4H2,1H3,(H,14,17). The molecule has 0 unspecified atom stereocenters. The molecule has 0 fully saturated rings. The van der Waals surface area contributed by atoms with Crippen molar-refractivity contribution in [1.82, 2.24) is 19.5 Å². The lowest BCUT2D eigenvalue weighted by atomic mass is 10.3. The summed E-state index contributed by atoms with van der Waals surface area (Å²) < 4.78 is 1.05. The van der Waals surface area contributed by atoms with E-state index in [1.165, 1.54) is 6.33 Å². The predicted octanol–water partition coefficient (Wildman–Crippen LogP) is 0.337. The Kier molecular flexibility index (Phi) is 3.06. The van der Waals surface area contributed by atoms with E-state index >= 15 is 0 Å². The third-order valence-corrected chi connectivity index (χ3v) is 2.70. The van der Waals surface area contributed by atoms with E-state index in [4.69, 9.17) is 11.6 Å². The van der Waals surface area contributed by atoms with Crippen molar-refractivity contribution in [2.24, 2.45) is 0 Å². The van der Waals surface area contributed by atoms with Gasteiger partial charge in [0.2, 0.25) is 0 Å². The van der Waals surface area contributed by atoms with Crippen LogP contribution >= 0.6 is 11.6 Å². The van der Waals surface area contributed by atoms with Gasteiger partial charge in [-0.25, -0.2) is 14.8 Å². The van der Waals surface area contributed by atoms with E-state index in [1.54, 1.807) is 19.2 Å². The van der Waals surface area contributed by atoms with Crippen LogP contribution in [-0.4, -0.2) is 19.5 Å². The van der Waals surface area contributed by atoms with Gasteiger partial charge in [-0.15, -0.1) is 0 Å². The zero-order chi connectivity index (χ0) is 12.4. The molecule has 0 saturated heterocycles. The molecule has 0 atom stereocenters. The fraction of sp³-hybridized carbons (Fsp3) is 0.200. The first-order valence-corrected chi connectivity index (χ1v) is 5.21. The molecule has 0 aliphatic rings. The molecule has 1 N–H and O–H groups in total. The van der Waals surface area contributed by atoms with Crippen LogP contribution in [0.15, 0.2) is 28.2 Å². The third kappa shape index (κ3) is 2.26. The Morgan fingerprint density at radius 2 is 2.24 bits per heavy atom. The number of nitrogens with zero attached hydrogens (tertiary/aromatic N) is 3. The van der Waals surface area contributed by atoms with Crippen LogP contribution in [0.4, 0.5) is 0 Å². The highest BCUT2D eigenvalue weighted by Gasteiger charge is 2.09. The van der Waals surface area contributed by atoms with E-state index in [0.29, 0.717) is 11.3 Å². The highest BCUT2D eigenvalue weighted by Crippen LogP contribution is 2.03. The number of aromatic nitrogens is 4. The molecular formula is C10H9ClN4O2. The highest BCUT2D eigenvalue weighted by atomic mass is 35.5. The number of aromatic amines is 1. The Hall–Kier alpha value is -1.95. The van der Waals surface area contributed by atoms with Crippen LogP contribution in [0.5, 0.6) is 0 Å². The molecule has 0 aliphatic heterocycles. The Morgan fingerprint density at radius 3 is 2.88 bits per heavy atom. The van der Waals surface area contributed by atoms with Crippen molar-refractivity contribution in [3.8, 4) is 0 Å². The lowest BCUT2D eigenvalue weighted by Gasteiger charge is -2.05. The normalized spacial score (nSPS) is 10.5. The number of hydrogen-bond donors (Lipinski definition) is 1. The second-order valence-electron chi connectivity index (χ2n) is 3.46. The highest BCUT2D eigenvalue weighted by molar-refractivity contribution is 6.30. The topological polar surface area (TPSA) is 80.6 Å². The number of H-pyrrole nitrogens is 1. The quantitative estimate of drug-likeness (QED) is 0.782. The summed E-state index contributed by atoms with van der Waals surface area (Å²) in [5.41, 5.74) is -0.0868. The van der Waals surface area contributed by atoms with Crippen LogP contribution < -0.4 is 11.2 Å². The van der Waals surface area contributed by atoms with Crippen molar-refractivity contribution in [3.05, 3.63) is 55.8 Å². The Balaban J connectivity index is 2.51. The van der Waals surface area contributed by atoms with Gasteiger partial charge in [-0.05, 0) is 13.0 Å². The van der Waals surface area contributed by atoms with Crippen molar-refractivity contribution in [1.29, 1.82) is 0 Å². The minimum atomic E-state index is -0.552. The molecular weight excluding hydrogens is 244 g/mol. The maximum atomic E-state index is 11.8. The molecule has 0 saturated carbocycles. The van der Waals surface area contributed by atoms with Gasteiger partial charge in [0.15, 0.2) is 0 Å². The van der Waals surface area contributed by atoms with Gasteiger partial charge in [0.05, 0.1) is 12.2 Å². The fourth-order valence-electron chi connectivity index (χ4n) is 1.36. The second-order valence-corrected chi connectivity index (χ2v) is 3.84. The van der Waals surface area contributed by atoms with Crippen molar-refractivity contribution in [2.45, 2.75) is 13.5 Å². The van der Waals surface area contributed by atoms with Crippen LogP contribution in [0.1, 0.15) is 11.3 Å². The van der Waals surface area contributed by atoms with Gasteiger partial charge < -0.3 is 0 Å². The average Bonchev–Trinajstić information content (AvgIpc) is 2.33. The molecule has 88 valence electrons. The first-order valence-electron chi connectivity index (χ1n) is 4.83. The maximum Gasteiger partial charge on any atom is 0.329 e. The minimum absolute atomic E-state index is 0.0685. The number of halogens is 1. The largest absolute Gasteiger partial charge is 0.329 e. The molecule has 0 aromatic carbocycles. The molecule has 0 bridgehead atoms. The fourth-order valence-corrected chi connectivity index (χ4v) is 1.52. The summed E-state index contributed by atoms with van der Waals surface area (Å²) in [5.74, 6) is 0. The second kappa shape index (κ2) is 4.50. The minimum Gasteiger partial charge on any atom is -0.297 e. The molecule has 0 spiro atoms. The molecule has 2 aromatic heterocycles. The van der Waals surface area contributed by atoms with Crippen LogP contribution in [0, 0.1) is 6.92 Å². The molecule has 0 amide bonds. The van der Waals surface area contributed by atoms with Gasteiger partial charge >= 0.3 is 5.69 Å². The molecule has 2 aromatic rings. The molecule has 2 heterocycles. The van der Waals surface area contributed by atoms with Crippen LogP contribution in [0.2, 0.25) is 5.15 Å². The number of nitrogens with one attached hydrogen (secondary N) is 1. The van der Waals surface area contributed by atoms with E-state index in [1.807, 2.05) is 0 Å². The average molecular weight is 253 g/mol. The first-order chi connectivity index (χ1) is 8.09. The van der Waals surface area contributed by atoms with Crippen molar-refractivity contribution >= 4 is 11.6 Å². The lowest BCUT2D eigenvalue weighted by Crippen LogP contribution is -2.37. The van der Waals surface area contributed by atoms with E-state index < -0.39 is 11.2 Å². The Labute approximate surface area is 101 Å². The summed E-state index contributed by atoms with van der Waals surface area (Å²) in [5, 5.41) is 0.0685. The molecule has 0 aliphatic carbocycles. The van der Waals surface area contributed by atoms with Gasteiger partial charge in [-0.3, -0.25) is 14.3 Å². The van der Waals surface area contributed by atoms with E-state index in [9.17, 15) is 9.59 Å². The molecule has 2 rings (SSSR count). The van der Waals surface area contributed by atoms with Gasteiger partial charge in [0, 0.05) is 11.8 Å². The lowest BCUT2D eigenvalue weighted by molar-refractivity contribution is 0.676. The molecule has 0 radical (unpaired) electrons. The summed E-state index contributed by atoms with van der Waals surface area (Å²) in [6.45, 7) is 1.64. The Bertz CT molecular complexity index is 648.